The topological polar surface area (TPSA) is 104 Å². The molecule has 2 N–H and O–H groups in total. The van der Waals surface area contributed by atoms with Crippen LogP contribution < -0.4 is 16.1 Å². The van der Waals surface area contributed by atoms with Gasteiger partial charge in [0.15, 0.2) is 11.5 Å². The van der Waals surface area contributed by atoms with E-state index in [9.17, 15) is 9.59 Å². The third-order valence-corrected chi connectivity index (χ3v) is 4.20. The second-order valence-corrected chi connectivity index (χ2v) is 6.26. The molecule has 0 bridgehead atoms. The van der Waals surface area contributed by atoms with Gasteiger partial charge in [-0.05, 0) is 37.5 Å². The summed E-state index contributed by atoms with van der Waals surface area (Å²) in [6.45, 7) is 2.60. The second-order valence-electron chi connectivity index (χ2n) is 6.26. The fourth-order valence-electron chi connectivity index (χ4n) is 3.02. The molecule has 8 nitrogen and oxygen atoms in total. The average Bonchev–Trinajstić information content (AvgIpc) is 2.54. The molecule has 0 amide bonds. The van der Waals surface area contributed by atoms with Crippen LogP contribution in [0.15, 0.2) is 21.7 Å². The fourth-order valence-corrected chi connectivity index (χ4v) is 3.02. The molecule has 0 fully saturated rings. The number of anilines is 1. The number of fused-ring (bicyclic) bond motifs is 2. The van der Waals surface area contributed by atoms with E-state index in [2.05, 4.69) is 15.0 Å². The molecule has 0 saturated heterocycles. The van der Waals surface area contributed by atoms with Crippen molar-refractivity contribution in [2.45, 2.75) is 26.3 Å². The molecule has 1 aromatic carbocycles. The number of hydrogen-bond acceptors (Lipinski definition) is 6. The molecule has 0 saturated carbocycles. The molecular formula is C17H21N5O3. The molecule has 8 heteroatoms. The van der Waals surface area contributed by atoms with Crippen LogP contribution in [0, 0.1) is 6.92 Å². The van der Waals surface area contributed by atoms with Crippen LogP contribution in [-0.4, -0.2) is 45.3 Å². The standard InChI is InChI=1S/C17H21N5O3/c1-10-8-11-13(9-12(10)21(2)3)22(6-4-5-7-23)15-14(18-11)16(24)20-17(25)19-15/h8-9,23H,4-7H2,1-3H3,(H,20,24,25). The predicted molar refractivity (Wildman–Crippen MR) is 96.4 cm³/mol. The van der Waals surface area contributed by atoms with E-state index in [1.165, 1.54) is 0 Å². The SMILES string of the molecule is Cc1cc2nc3c(=O)[nH]c(=O)nc-3n(CCCCO)c2cc1N(C)C. The maximum atomic E-state index is 12.2. The number of nitrogens with one attached hydrogen (secondary N) is 1. The number of hydrogen-bond donors (Lipinski definition) is 2. The second kappa shape index (κ2) is 6.64. The number of H-pyrrole nitrogens is 1. The van der Waals surface area contributed by atoms with Crippen molar-refractivity contribution in [3.05, 3.63) is 38.5 Å². The minimum absolute atomic E-state index is 0.0877. The van der Waals surface area contributed by atoms with Crippen molar-refractivity contribution in [2.24, 2.45) is 0 Å². The van der Waals surface area contributed by atoms with Gasteiger partial charge in [-0.1, -0.05) is 0 Å². The Morgan fingerprint density at radius 1 is 1.20 bits per heavy atom. The highest BCUT2D eigenvalue weighted by atomic mass is 16.3. The van der Waals surface area contributed by atoms with Crippen LogP contribution in [0.3, 0.4) is 0 Å². The summed E-state index contributed by atoms with van der Waals surface area (Å²) in [5.41, 5.74) is 2.46. The molecule has 1 aromatic rings. The summed E-state index contributed by atoms with van der Waals surface area (Å²) < 4.78 is 1.84. The minimum Gasteiger partial charge on any atom is -0.396 e. The van der Waals surface area contributed by atoms with Gasteiger partial charge in [0.2, 0.25) is 0 Å². The Kier molecular flexibility index (Phi) is 4.54. The largest absolute Gasteiger partial charge is 0.396 e. The van der Waals surface area contributed by atoms with Gasteiger partial charge in [-0.2, -0.15) is 4.98 Å². The first-order valence-corrected chi connectivity index (χ1v) is 8.16. The molecule has 0 atom stereocenters. The van der Waals surface area contributed by atoms with Gasteiger partial charge in [-0.25, -0.2) is 9.78 Å². The Hall–Kier alpha value is -2.74. The van der Waals surface area contributed by atoms with Gasteiger partial charge in [0.25, 0.3) is 5.56 Å². The zero-order chi connectivity index (χ0) is 18.1. The number of aromatic amines is 1. The molecule has 0 aromatic heterocycles. The van der Waals surface area contributed by atoms with Crippen LogP contribution in [0.5, 0.6) is 0 Å². The maximum Gasteiger partial charge on any atom is 0.349 e. The third-order valence-electron chi connectivity index (χ3n) is 4.20. The Morgan fingerprint density at radius 3 is 2.64 bits per heavy atom. The number of aryl methyl sites for hydroxylation is 2. The molecule has 0 spiro atoms. The summed E-state index contributed by atoms with van der Waals surface area (Å²) in [6.07, 6.45) is 1.32. The van der Waals surface area contributed by atoms with Gasteiger partial charge >= 0.3 is 5.69 Å². The molecule has 2 aliphatic rings. The van der Waals surface area contributed by atoms with Crippen LogP contribution in [0.2, 0.25) is 0 Å². The van der Waals surface area contributed by atoms with Gasteiger partial charge in [0.05, 0.1) is 11.0 Å². The van der Waals surface area contributed by atoms with Crippen LogP contribution >= 0.6 is 0 Å². The summed E-state index contributed by atoms with van der Waals surface area (Å²) in [7, 11) is 3.91. The summed E-state index contributed by atoms with van der Waals surface area (Å²) in [4.78, 5) is 36.4. The van der Waals surface area contributed by atoms with Crippen molar-refractivity contribution < 1.29 is 5.11 Å². The van der Waals surface area contributed by atoms with Crippen LogP contribution in [0.1, 0.15) is 18.4 Å². The summed E-state index contributed by atoms with van der Waals surface area (Å²) in [6, 6.07) is 3.92. The molecule has 0 unspecified atom stereocenters. The van der Waals surface area contributed by atoms with Gasteiger partial charge in [0, 0.05) is 32.9 Å². The lowest BCUT2D eigenvalue weighted by molar-refractivity contribution is 0.281. The first-order chi connectivity index (χ1) is 11.9. The van der Waals surface area contributed by atoms with Crippen molar-refractivity contribution in [2.75, 3.05) is 25.6 Å². The van der Waals surface area contributed by atoms with Gasteiger partial charge < -0.3 is 14.6 Å². The molecule has 25 heavy (non-hydrogen) atoms. The quantitative estimate of drug-likeness (QED) is 0.523. The minimum atomic E-state index is -0.686. The number of benzene rings is 1. The number of aliphatic hydroxyl groups excluding tert-OH is 1. The van der Waals surface area contributed by atoms with Gasteiger partial charge in [-0.15, -0.1) is 0 Å². The third kappa shape index (κ3) is 3.12. The number of unbranched alkanes of at least 4 members (excludes halogenated alkanes) is 1. The lowest BCUT2D eigenvalue weighted by Crippen LogP contribution is -2.29. The predicted octanol–water partition coefficient (Wildman–Crippen LogP) is 0.732. The van der Waals surface area contributed by atoms with E-state index in [1.54, 1.807) is 0 Å². The van der Waals surface area contributed by atoms with Crippen molar-refractivity contribution in [3.8, 4) is 11.5 Å². The maximum absolute atomic E-state index is 12.2. The molecule has 2 aliphatic heterocycles. The van der Waals surface area contributed by atoms with Crippen molar-refractivity contribution in [3.63, 3.8) is 0 Å². The average molecular weight is 343 g/mol. The van der Waals surface area contributed by atoms with E-state index in [-0.39, 0.29) is 18.1 Å². The Labute approximate surface area is 144 Å². The Balaban J connectivity index is 2.38. The van der Waals surface area contributed by atoms with Gasteiger partial charge in [0.1, 0.15) is 0 Å². The van der Waals surface area contributed by atoms with Crippen molar-refractivity contribution >= 4 is 16.7 Å². The number of rotatable bonds is 5. The van der Waals surface area contributed by atoms with E-state index in [4.69, 9.17) is 5.11 Å². The zero-order valence-corrected chi connectivity index (χ0v) is 14.5. The van der Waals surface area contributed by atoms with Gasteiger partial charge in [-0.3, -0.25) is 9.78 Å². The van der Waals surface area contributed by atoms with Crippen molar-refractivity contribution in [1.82, 2.24) is 19.5 Å². The molecule has 0 radical (unpaired) electrons. The van der Waals surface area contributed by atoms with E-state index >= 15 is 0 Å². The molecule has 0 aliphatic carbocycles. The number of aliphatic hydroxyl groups is 1. The molecule has 132 valence electrons. The monoisotopic (exact) mass is 343 g/mol. The highest BCUT2D eigenvalue weighted by Crippen LogP contribution is 2.28. The Bertz CT molecular complexity index is 1010. The van der Waals surface area contributed by atoms with E-state index < -0.39 is 11.2 Å². The molecule has 2 heterocycles. The van der Waals surface area contributed by atoms with E-state index in [0.717, 1.165) is 16.8 Å². The number of aromatic nitrogens is 4. The highest BCUT2D eigenvalue weighted by Gasteiger charge is 2.19. The smallest absolute Gasteiger partial charge is 0.349 e. The molecular weight excluding hydrogens is 322 g/mol. The van der Waals surface area contributed by atoms with E-state index in [0.29, 0.717) is 24.9 Å². The summed E-state index contributed by atoms with van der Waals surface area (Å²) in [5.74, 6) is 0.271. The van der Waals surface area contributed by atoms with Crippen LogP contribution in [0.25, 0.3) is 22.6 Å². The normalized spacial score (nSPS) is 11.4. The zero-order valence-electron chi connectivity index (χ0n) is 14.5. The summed E-state index contributed by atoms with van der Waals surface area (Å²) >= 11 is 0. The Morgan fingerprint density at radius 2 is 1.96 bits per heavy atom. The van der Waals surface area contributed by atoms with E-state index in [1.807, 2.05) is 42.6 Å². The lowest BCUT2D eigenvalue weighted by atomic mass is 10.1. The van der Waals surface area contributed by atoms with Crippen LogP contribution in [-0.2, 0) is 6.54 Å². The van der Waals surface area contributed by atoms with Crippen LogP contribution in [0.4, 0.5) is 5.69 Å². The summed E-state index contributed by atoms with van der Waals surface area (Å²) in [5, 5.41) is 9.06. The fraction of sp³-hybridized carbons (Fsp3) is 0.412. The first kappa shape index (κ1) is 17.1. The number of nitrogens with zero attached hydrogens (tertiary/aromatic N) is 4. The van der Waals surface area contributed by atoms with Crippen molar-refractivity contribution in [1.29, 1.82) is 0 Å². The lowest BCUT2D eigenvalue weighted by Gasteiger charge is -2.21. The molecule has 3 rings (SSSR count). The highest BCUT2D eigenvalue weighted by molar-refractivity contribution is 5.84. The first-order valence-electron chi connectivity index (χ1n) is 8.16.